The van der Waals surface area contributed by atoms with E-state index in [0.29, 0.717) is 6.54 Å². The molecule has 9 aromatic rings. The van der Waals surface area contributed by atoms with Crippen molar-refractivity contribution in [1.29, 1.82) is 0 Å². The summed E-state index contributed by atoms with van der Waals surface area (Å²) in [6.07, 6.45) is 0. The third-order valence-electron chi connectivity index (χ3n) is 9.62. The minimum atomic E-state index is 0.705. The van der Waals surface area contributed by atoms with Gasteiger partial charge in [-0.3, -0.25) is 0 Å². The Morgan fingerprint density at radius 2 is 0.583 bits per heavy atom. The predicted octanol–water partition coefficient (Wildman–Crippen LogP) is 9.20. The van der Waals surface area contributed by atoms with Crippen LogP contribution < -0.4 is 0 Å². The van der Waals surface area contributed by atoms with Crippen molar-refractivity contribution in [2.75, 3.05) is 0 Å². The first-order valence-corrected chi connectivity index (χ1v) is 16.4. The summed E-state index contributed by atoms with van der Waals surface area (Å²) in [7, 11) is 0. The monoisotopic (exact) mass is 618 g/mol. The van der Waals surface area contributed by atoms with Crippen molar-refractivity contribution in [1.82, 2.24) is 28.7 Å². The Morgan fingerprint density at radius 1 is 0.312 bits per heavy atom. The van der Waals surface area contributed by atoms with Crippen LogP contribution >= 0.6 is 0 Å². The van der Waals surface area contributed by atoms with Crippen LogP contribution in [-0.4, -0.2) is 28.7 Å². The number of aromatic nitrogens is 6. The minimum Gasteiger partial charge on any atom is -0.319 e. The van der Waals surface area contributed by atoms with Crippen molar-refractivity contribution >= 4 is 33.1 Å². The maximum atomic E-state index is 5.13. The maximum Gasteiger partial charge on any atom is 0.141 e. The van der Waals surface area contributed by atoms with Crippen LogP contribution in [0.3, 0.4) is 0 Å². The lowest BCUT2D eigenvalue weighted by Gasteiger charge is -2.12. The molecule has 0 saturated carbocycles. The van der Waals surface area contributed by atoms with E-state index in [1.807, 2.05) is 0 Å². The van der Waals surface area contributed by atoms with E-state index in [-0.39, 0.29) is 0 Å². The lowest BCUT2D eigenvalue weighted by atomic mass is 10.1. The van der Waals surface area contributed by atoms with Crippen LogP contribution in [0.15, 0.2) is 146 Å². The summed E-state index contributed by atoms with van der Waals surface area (Å²) < 4.78 is 7.00. The highest BCUT2D eigenvalue weighted by atomic mass is 15.1. The second-order valence-corrected chi connectivity index (χ2v) is 12.6. The molecule has 0 aliphatic carbocycles. The molecule has 0 saturated heterocycles. The lowest BCUT2D eigenvalue weighted by molar-refractivity contribution is 0.820. The fourth-order valence-corrected chi connectivity index (χ4v) is 7.19. The molecule has 0 amide bonds. The van der Waals surface area contributed by atoms with Gasteiger partial charge < -0.3 is 13.7 Å². The molecule has 0 unspecified atom stereocenters. The molecule has 3 aromatic heterocycles. The quantitative estimate of drug-likeness (QED) is 0.170. The highest BCUT2D eigenvalue weighted by Crippen LogP contribution is 2.32. The topological polar surface area (TPSA) is 53.5 Å². The van der Waals surface area contributed by atoms with Gasteiger partial charge in [0.25, 0.3) is 0 Å². The van der Waals surface area contributed by atoms with Crippen LogP contribution in [0.1, 0.15) is 16.7 Å². The molecule has 0 atom stereocenters. The van der Waals surface area contributed by atoms with Gasteiger partial charge in [-0.2, -0.15) is 0 Å². The summed E-state index contributed by atoms with van der Waals surface area (Å²) in [6.45, 7) is 2.16. The number of fused-ring (bicyclic) bond motifs is 6. The summed E-state index contributed by atoms with van der Waals surface area (Å²) >= 11 is 0. The molecule has 6 nitrogen and oxygen atoms in total. The molecule has 0 radical (unpaired) electrons. The zero-order valence-electron chi connectivity index (χ0n) is 26.2. The summed E-state index contributed by atoms with van der Waals surface area (Å²) in [6, 6.07) is 51.8. The number of hydrogen-bond acceptors (Lipinski definition) is 3. The van der Waals surface area contributed by atoms with Gasteiger partial charge in [0.2, 0.25) is 0 Å². The normalized spacial score (nSPS) is 12.8. The molecule has 0 N–H and O–H groups in total. The number of rotatable bonds is 0. The van der Waals surface area contributed by atoms with Gasteiger partial charge in [-0.15, -0.1) is 0 Å². The largest absolute Gasteiger partial charge is 0.319 e. The zero-order chi connectivity index (χ0) is 31.6. The minimum absolute atomic E-state index is 0.705. The molecular formula is C42H30N6. The third-order valence-corrected chi connectivity index (χ3v) is 9.62. The van der Waals surface area contributed by atoms with Gasteiger partial charge in [-0.05, 0) is 53.1 Å². The number of benzene rings is 6. The summed E-state index contributed by atoms with van der Waals surface area (Å²) in [4.78, 5) is 15.4. The number of imidazole rings is 3. The standard InChI is InChI=1S/C42H30N6/c1-4-10-37-34(7-1)43-40-31-19-17-30(18-20-31)27-48-39-12-6-3-9-36(39)45-42(48)33-23-21-32(22-24-33)41-44-35-8-2-5-11-38(35)47(41)26-29-15-13-28(14-16-29)25-46(37)40/h1-24H,25-27H2. The molecule has 228 valence electrons. The van der Waals surface area contributed by atoms with E-state index in [0.717, 1.165) is 80.4 Å². The first kappa shape index (κ1) is 26.9. The highest BCUT2D eigenvalue weighted by Gasteiger charge is 2.18. The Morgan fingerprint density at radius 3 is 0.917 bits per heavy atom. The van der Waals surface area contributed by atoms with Gasteiger partial charge >= 0.3 is 0 Å². The Labute approximate surface area is 277 Å². The van der Waals surface area contributed by atoms with E-state index in [1.54, 1.807) is 0 Å². The molecule has 6 aromatic carbocycles. The Hall–Kier alpha value is -6.27. The summed E-state index contributed by atoms with van der Waals surface area (Å²) in [5, 5.41) is 0. The van der Waals surface area contributed by atoms with Crippen LogP contribution in [-0.2, 0) is 19.6 Å². The number of para-hydroxylation sites is 6. The van der Waals surface area contributed by atoms with Crippen molar-refractivity contribution < 1.29 is 0 Å². The van der Waals surface area contributed by atoms with Crippen LogP contribution in [0.4, 0.5) is 0 Å². The van der Waals surface area contributed by atoms with Gasteiger partial charge in [0.1, 0.15) is 17.5 Å². The molecule has 13 rings (SSSR count). The van der Waals surface area contributed by atoms with Gasteiger partial charge in [0.15, 0.2) is 0 Å². The van der Waals surface area contributed by atoms with Crippen LogP contribution in [0.5, 0.6) is 0 Å². The van der Waals surface area contributed by atoms with Crippen molar-refractivity contribution in [3.05, 3.63) is 162 Å². The highest BCUT2D eigenvalue weighted by molar-refractivity contribution is 5.84. The molecule has 7 heterocycles. The molecule has 4 aliphatic rings. The average molecular weight is 619 g/mol. The number of hydrogen-bond donors (Lipinski definition) is 0. The van der Waals surface area contributed by atoms with Crippen molar-refractivity contribution in [2.45, 2.75) is 19.6 Å². The molecule has 0 fully saturated rings. The van der Waals surface area contributed by atoms with Gasteiger partial charge in [0.05, 0.1) is 33.1 Å². The lowest BCUT2D eigenvalue weighted by Crippen LogP contribution is -2.04. The summed E-state index contributed by atoms with van der Waals surface area (Å²) in [5.74, 6) is 2.88. The van der Waals surface area contributed by atoms with Gasteiger partial charge in [0, 0.05) is 36.3 Å². The predicted molar refractivity (Wildman–Crippen MR) is 193 cm³/mol. The first-order chi connectivity index (χ1) is 23.7. The third kappa shape index (κ3) is 4.37. The van der Waals surface area contributed by atoms with E-state index in [9.17, 15) is 0 Å². The fourth-order valence-electron chi connectivity index (χ4n) is 7.19. The Kier molecular flexibility index (Phi) is 5.96. The van der Waals surface area contributed by atoms with Gasteiger partial charge in [-0.1, -0.05) is 109 Å². The van der Waals surface area contributed by atoms with Gasteiger partial charge in [-0.25, -0.2) is 15.0 Å². The zero-order valence-corrected chi connectivity index (χ0v) is 26.2. The Balaban J connectivity index is 1.18. The number of nitrogens with zero attached hydrogens (tertiary/aromatic N) is 6. The van der Waals surface area contributed by atoms with Crippen LogP contribution in [0.2, 0.25) is 0 Å². The van der Waals surface area contributed by atoms with Crippen molar-refractivity contribution in [3.8, 4) is 34.2 Å². The van der Waals surface area contributed by atoms with E-state index in [2.05, 4.69) is 159 Å². The van der Waals surface area contributed by atoms with E-state index in [1.165, 1.54) is 16.7 Å². The van der Waals surface area contributed by atoms with E-state index < -0.39 is 0 Å². The molecular weight excluding hydrogens is 589 g/mol. The average Bonchev–Trinajstić information content (AvgIpc) is 3.81. The second-order valence-electron chi connectivity index (χ2n) is 12.6. The molecule has 6 bridgehead atoms. The van der Waals surface area contributed by atoms with E-state index >= 15 is 0 Å². The molecule has 0 spiro atoms. The molecule has 48 heavy (non-hydrogen) atoms. The molecule has 4 aliphatic heterocycles. The fraction of sp³-hybridized carbons (Fsp3) is 0.0714. The van der Waals surface area contributed by atoms with Crippen LogP contribution in [0, 0.1) is 0 Å². The SMILES string of the molecule is c1ccc2c(c1)nc1n2Cc2ccc(cc2)Cn2c(nc3ccccc32)-c2ccc(cc2)-c2nc3ccccc3n2Cc2ccc-1cc2. The second kappa shape index (κ2) is 10.6. The Bertz CT molecular complexity index is 2620. The maximum absolute atomic E-state index is 5.13. The summed E-state index contributed by atoms with van der Waals surface area (Å²) in [5.41, 5.74) is 13.3. The van der Waals surface area contributed by atoms with E-state index in [4.69, 9.17) is 15.0 Å². The first-order valence-electron chi connectivity index (χ1n) is 16.4. The smallest absolute Gasteiger partial charge is 0.141 e. The molecule has 6 heteroatoms. The van der Waals surface area contributed by atoms with Crippen molar-refractivity contribution in [2.24, 2.45) is 0 Å². The van der Waals surface area contributed by atoms with Crippen molar-refractivity contribution in [3.63, 3.8) is 0 Å². The van der Waals surface area contributed by atoms with Crippen LogP contribution in [0.25, 0.3) is 67.3 Å².